The number of anilines is 1. The number of thiazole rings is 1. The van der Waals surface area contributed by atoms with Crippen molar-refractivity contribution in [1.29, 1.82) is 0 Å². The summed E-state index contributed by atoms with van der Waals surface area (Å²) in [7, 11) is 0. The van der Waals surface area contributed by atoms with E-state index < -0.39 is 0 Å². The molecule has 5 heteroatoms. The number of hydrogen-bond donors (Lipinski definition) is 0. The van der Waals surface area contributed by atoms with Crippen LogP contribution in [0.1, 0.15) is 13.8 Å². The monoisotopic (exact) mass is 296 g/mol. The summed E-state index contributed by atoms with van der Waals surface area (Å²) in [5.41, 5.74) is 0.879. The van der Waals surface area contributed by atoms with Gasteiger partial charge < -0.3 is 9.64 Å². The van der Waals surface area contributed by atoms with Crippen molar-refractivity contribution in [3.63, 3.8) is 0 Å². The first-order valence-corrected chi connectivity index (χ1v) is 7.77. The zero-order chi connectivity index (χ0) is 13.5. The SMILES string of the molecule is CC1(C)CN(c2nc3ccccc3s2)CC(CCl)O1. The highest BCUT2D eigenvalue weighted by molar-refractivity contribution is 7.22. The molecule has 2 heterocycles. The molecule has 0 amide bonds. The van der Waals surface area contributed by atoms with Crippen LogP contribution in [0.5, 0.6) is 0 Å². The van der Waals surface area contributed by atoms with E-state index in [2.05, 4.69) is 36.9 Å². The molecule has 102 valence electrons. The van der Waals surface area contributed by atoms with Crippen molar-refractivity contribution in [2.24, 2.45) is 0 Å². The van der Waals surface area contributed by atoms with E-state index in [4.69, 9.17) is 21.3 Å². The number of rotatable bonds is 2. The Morgan fingerprint density at radius 2 is 2.26 bits per heavy atom. The minimum Gasteiger partial charge on any atom is -0.367 e. The largest absolute Gasteiger partial charge is 0.367 e. The molecule has 3 nitrogen and oxygen atoms in total. The molecule has 0 spiro atoms. The van der Waals surface area contributed by atoms with E-state index in [1.807, 2.05) is 6.07 Å². The molecule has 19 heavy (non-hydrogen) atoms. The van der Waals surface area contributed by atoms with Gasteiger partial charge in [-0.1, -0.05) is 23.5 Å². The zero-order valence-electron chi connectivity index (χ0n) is 11.1. The summed E-state index contributed by atoms with van der Waals surface area (Å²) in [5.74, 6) is 0.519. The minimum absolute atomic E-state index is 0.0671. The summed E-state index contributed by atoms with van der Waals surface area (Å²) >= 11 is 7.70. The first-order chi connectivity index (χ1) is 9.07. The van der Waals surface area contributed by atoms with Gasteiger partial charge in [-0.15, -0.1) is 11.6 Å². The van der Waals surface area contributed by atoms with E-state index >= 15 is 0 Å². The number of ether oxygens (including phenoxy) is 1. The summed E-state index contributed by atoms with van der Waals surface area (Å²) in [6, 6.07) is 8.24. The fraction of sp³-hybridized carbons (Fsp3) is 0.500. The molecule has 0 radical (unpaired) electrons. The molecule has 1 unspecified atom stereocenters. The number of hydrogen-bond acceptors (Lipinski definition) is 4. The van der Waals surface area contributed by atoms with Crippen LogP contribution < -0.4 is 4.90 Å². The molecule has 1 aromatic carbocycles. The highest BCUT2D eigenvalue weighted by Crippen LogP contribution is 2.32. The van der Waals surface area contributed by atoms with Crippen LogP contribution in [-0.2, 0) is 4.74 Å². The van der Waals surface area contributed by atoms with Gasteiger partial charge in [-0.3, -0.25) is 0 Å². The lowest BCUT2D eigenvalue weighted by atomic mass is 10.1. The fourth-order valence-corrected chi connectivity index (χ4v) is 3.65. The third kappa shape index (κ3) is 2.71. The van der Waals surface area contributed by atoms with Gasteiger partial charge in [0.2, 0.25) is 0 Å². The van der Waals surface area contributed by atoms with Crippen LogP contribution in [0.2, 0.25) is 0 Å². The Kier molecular flexibility index (Phi) is 3.41. The summed E-state index contributed by atoms with van der Waals surface area (Å²) in [6.45, 7) is 5.87. The highest BCUT2D eigenvalue weighted by Gasteiger charge is 2.34. The predicted octanol–water partition coefficient (Wildman–Crippen LogP) is 3.52. The number of benzene rings is 1. The van der Waals surface area contributed by atoms with Gasteiger partial charge in [0.25, 0.3) is 0 Å². The Hall–Kier alpha value is -0.840. The van der Waals surface area contributed by atoms with Crippen LogP contribution in [0.3, 0.4) is 0 Å². The van der Waals surface area contributed by atoms with Crippen molar-refractivity contribution >= 4 is 38.3 Å². The van der Waals surface area contributed by atoms with Crippen LogP contribution in [0.4, 0.5) is 5.13 Å². The molecule has 0 bridgehead atoms. The van der Waals surface area contributed by atoms with Crippen molar-refractivity contribution in [1.82, 2.24) is 4.98 Å². The second kappa shape index (κ2) is 4.93. The molecule has 0 N–H and O–H groups in total. The molecule has 2 aromatic rings. The Morgan fingerprint density at radius 1 is 1.47 bits per heavy atom. The lowest BCUT2D eigenvalue weighted by molar-refractivity contribution is -0.0734. The molecule has 1 fully saturated rings. The van der Waals surface area contributed by atoms with E-state index in [9.17, 15) is 0 Å². The second-order valence-corrected chi connectivity index (χ2v) is 6.82. The third-order valence-electron chi connectivity index (χ3n) is 3.21. The van der Waals surface area contributed by atoms with Gasteiger partial charge in [-0.25, -0.2) is 4.98 Å². The molecular weight excluding hydrogens is 280 g/mol. The molecule has 0 aliphatic carbocycles. The van der Waals surface area contributed by atoms with Gasteiger partial charge in [-0.05, 0) is 26.0 Å². The number of morpholine rings is 1. The molecule has 0 saturated carbocycles. The molecule has 1 aliphatic rings. The number of fused-ring (bicyclic) bond motifs is 1. The Labute approximate surface area is 122 Å². The Balaban J connectivity index is 1.91. The van der Waals surface area contributed by atoms with Crippen LogP contribution in [0.25, 0.3) is 10.2 Å². The first-order valence-electron chi connectivity index (χ1n) is 6.42. The third-order valence-corrected chi connectivity index (χ3v) is 4.65. The summed E-state index contributed by atoms with van der Waals surface area (Å²) in [5, 5.41) is 1.06. The molecule has 1 atom stereocenters. The van der Waals surface area contributed by atoms with Gasteiger partial charge >= 0.3 is 0 Å². The molecule has 3 rings (SSSR count). The Morgan fingerprint density at radius 3 is 3.00 bits per heavy atom. The number of para-hydroxylation sites is 1. The highest BCUT2D eigenvalue weighted by atomic mass is 35.5. The average molecular weight is 297 g/mol. The first kappa shape index (κ1) is 13.2. The minimum atomic E-state index is -0.185. The molecule has 1 saturated heterocycles. The topological polar surface area (TPSA) is 25.4 Å². The van der Waals surface area contributed by atoms with Gasteiger partial charge in [0.15, 0.2) is 5.13 Å². The van der Waals surface area contributed by atoms with Crippen LogP contribution in [0.15, 0.2) is 24.3 Å². The van der Waals surface area contributed by atoms with E-state index in [1.54, 1.807) is 11.3 Å². The number of alkyl halides is 1. The fourth-order valence-electron chi connectivity index (χ4n) is 2.52. The lowest BCUT2D eigenvalue weighted by Gasteiger charge is -2.42. The molecule has 1 aromatic heterocycles. The van der Waals surface area contributed by atoms with E-state index in [1.165, 1.54) is 4.70 Å². The maximum atomic E-state index is 5.97. The smallest absolute Gasteiger partial charge is 0.186 e. The van der Waals surface area contributed by atoms with Crippen molar-refractivity contribution < 1.29 is 4.74 Å². The average Bonchev–Trinajstić information content (AvgIpc) is 2.80. The van der Waals surface area contributed by atoms with Crippen LogP contribution >= 0.6 is 22.9 Å². The van der Waals surface area contributed by atoms with Crippen molar-refractivity contribution in [3.8, 4) is 0 Å². The quantitative estimate of drug-likeness (QED) is 0.793. The van der Waals surface area contributed by atoms with Gasteiger partial charge in [0, 0.05) is 13.1 Å². The number of aromatic nitrogens is 1. The standard InChI is InChI=1S/C14H17ClN2OS/c1-14(2)9-17(8-10(7-15)18-14)13-16-11-5-3-4-6-12(11)19-13/h3-6,10H,7-9H2,1-2H3. The van der Waals surface area contributed by atoms with Crippen molar-refractivity contribution in [2.45, 2.75) is 25.6 Å². The van der Waals surface area contributed by atoms with Crippen LogP contribution in [-0.4, -0.2) is 35.7 Å². The summed E-state index contributed by atoms with van der Waals surface area (Å²) in [6.07, 6.45) is 0.0671. The summed E-state index contributed by atoms with van der Waals surface area (Å²) in [4.78, 5) is 7.01. The predicted molar refractivity (Wildman–Crippen MR) is 81.5 cm³/mol. The van der Waals surface area contributed by atoms with E-state index in [0.29, 0.717) is 5.88 Å². The van der Waals surface area contributed by atoms with Crippen molar-refractivity contribution in [2.75, 3.05) is 23.9 Å². The maximum Gasteiger partial charge on any atom is 0.186 e. The van der Waals surface area contributed by atoms with Crippen LogP contribution in [0, 0.1) is 0 Å². The normalized spacial score (nSPS) is 22.9. The second-order valence-electron chi connectivity index (χ2n) is 5.50. The molecular formula is C14H17ClN2OS. The van der Waals surface area contributed by atoms with Gasteiger partial charge in [0.05, 0.1) is 27.8 Å². The molecule has 1 aliphatic heterocycles. The van der Waals surface area contributed by atoms with Crippen molar-refractivity contribution in [3.05, 3.63) is 24.3 Å². The Bertz CT molecular complexity index is 551. The maximum absolute atomic E-state index is 5.97. The van der Waals surface area contributed by atoms with E-state index in [0.717, 1.165) is 23.7 Å². The van der Waals surface area contributed by atoms with Gasteiger partial charge in [-0.2, -0.15) is 0 Å². The lowest BCUT2D eigenvalue weighted by Crippen LogP contribution is -2.53. The van der Waals surface area contributed by atoms with Gasteiger partial charge in [0.1, 0.15) is 0 Å². The number of halogens is 1. The summed E-state index contributed by atoms with van der Waals surface area (Å²) < 4.78 is 7.18. The number of nitrogens with zero attached hydrogens (tertiary/aromatic N) is 2. The zero-order valence-corrected chi connectivity index (χ0v) is 12.7. The van der Waals surface area contributed by atoms with E-state index in [-0.39, 0.29) is 11.7 Å².